The summed E-state index contributed by atoms with van der Waals surface area (Å²) in [7, 11) is 0. The summed E-state index contributed by atoms with van der Waals surface area (Å²) in [6, 6.07) is 10.0. The molecule has 0 aliphatic heterocycles. The SMILES string of the molecule is Cc1ccc2c(NCNC(=O)C(=O)NC(=O)/C=C/c3ccc(O)c(O)c3)c3c(nc2c1)CCCC3. The summed E-state index contributed by atoms with van der Waals surface area (Å²) in [6.45, 7) is 2.01. The monoisotopic (exact) mass is 474 g/mol. The van der Waals surface area contributed by atoms with E-state index < -0.39 is 17.7 Å². The molecule has 3 amide bonds. The molecule has 35 heavy (non-hydrogen) atoms. The summed E-state index contributed by atoms with van der Waals surface area (Å²) in [5, 5.41) is 27.5. The van der Waals surface area contributed by atoms with Crippen LogP contribution in [0.5, 0.6) is 11.5 Å². The Morgan fingerprint density at radius 3 is 2.60 bits per heavy atom. The number of carbonyl (C=O) groups excluding carboxylic acids is 3. The predicted molar refractivity (Wildman–Crippen MR) is 132 cm³/mol. The van der Waals surface area contributed by atoms with Crippen molar-refractivity contribution < 1.29 is 24.6 Å². The Morgan fingerprint density at radius 2 is 1.80 bits per heavy atom. The van der Waals surface area contributed by atoms with E-state index in [4.69, 9.17) is 4.98 Å². The molecule has 1 heterocycles. The number of anilines is 1. The molecule has 1 aliphatic rings. The van der Waals surface area contributed by atoms with Crippen molar-refractivity contribution >= 4 is 40.4 Å². The highest BCUT2D eigenvalue weighted by atomic mass is 16.3. The molecular formula is C26H26N4O5. The van der Waals surface area contributed by atoms with E-state index in [-0.39, 0.29) is 18.2 Å². The molecule has 1 aliphatic carbocycles. The third-order valence-electron chi connectivity index (χ3n) is 5.80. The minimum Gasteiger partial charge on any atom is -0.504 e. The van der Waals surface area contributed by atoms with Gasteiger partial charge in [-0.1, -0.05) is 18.2 Å². The molecule has 5 N–H and O–H groups in total. The van der Waals surface area contributed by atoms with Crippen LogP contribution in [0.4, 0.5) is 5.69 Å². The second-order valence-corrected chi connectivity index (χ2v) is 8.40. The molecule has 0 saturated carbocycles. The van der Waals surface area contributed by atoms with Crippen molar-refractivity contribution in [2.75, 3.05) is 12.0 Å². The quantitative estimate of drug-likeness (QED) is 0.166. The van der Waals surface area contributed by atoms with Gasteiger partial charge < -0.3 is 20.8 Å². The van der Waals surface area contributed by atoms with Gasteiger partial charge in [-0.05, 0) is 73.6 Å². The van der Waals surface area contributed by atoms with Gasteiger partial charge in [0.15, 0.2) is 11.5 Å². The number of phenols is 2. The molecule has 0 atom stereocenters. The Hall–Kier alpha value is -4.40. The fourth-order valence-electron chi connectivity index (χ4n) is 4.06. The smallest absolute Gasteiger partial charge is 0.316 e. The number of imide groups is 1. The highest BCUT2D eigenvalue weighted by molar-refractivity contribution is 6.38. The molecule has 0 bridgehead atoms. The van der Waals surface area contributed by atoms with Crippen molar-refractivity contribution in [3.05, 3.63) is 64.9 Å². The van der Waals surface area contributed by atoms with Gasteiger partial charge in [-0.2, -0.15) is 0 Å². The van der Waals surface area contributed by atoms with Crippen molar-refractivity contribution in [2.24, 2.45) is 0 Å². The maximum absolute atomic E-state index is 12.2. The maximum Gasteiger partial charge on any atom is 0.316 e. The molecule has 0 radical (unpaired) electrons. The lowest BCUT2D eigenvalue weighted by Gasteiger charge is -2.22. The lowest BCUT2D eigenvalue weighted by molar-refractivity contribution is -0.141. The average molecular weight is 475 g/mol. The fraction of sp³-hybridized carbons (Fsp3) is 0.231. The number of benzene rings is 2. The number of hydrogen-bond donors (Lipinski definition) is 5. The number of fused-ring (bicyclic) bond motifs is 2. The summed E-state index contributed by atoms with van der Waals surface area (Å²) in [6.07, 6.45) is 6.33. The van der Waals surface area contributed by atoms with E-state index in [2.05, 4.69) is 10.6 Å². The molecule has 0 spiro atoms. The van der Waals surface area contributed by atoms with Crippen LogP contribution in [0.3, 0.4) is 0 Å². The summed E-state index contributed by atoms with van der Waals surface area (Å²) < 4.78 is 0. The van der Waals surface area contributed by atoms with Gasteiger partial charge in [0.2, 0.25) is 0 Å². The van der Waals surface area contributed by atoms with E-state index in [1.165, 1.54) is 24.3 Å². The zero-order chi connectivity index (χ0) is 24.9. The zero-order valence-corrected chi connectivity index (χ0v) is 19.2. The van der Waals surface area contributed by atoms with Crippen molar-refractivity contribution in [1.82, 2.24) is 15.6 Å². The van der Waals surface area contributed by atoms with E-state index in [1.807, 2.05) is 30.4 Å². The first-order valence-electron chi connectivity index (χ1n) is 11.3. The number of phenolic OH excluding ortho intramolecular Hbond substituents is 2. The highest BCUT2D eigenvalue weighted by Gasteiger charge is 2.19. The van der Waals surface area contributed by atoms with Gasteiger partial charge in [0.25, 0.3) is 5.91 Å². The highest BCUT2D eigenvalue weighted by Crippen LogP contribution is 2.33. The topological polar surface area (TPSA) is 141 Å². The average Bonchev–Trinajstić information content (AvgIpc) is 2.84. The Balaban J connectivity index is 1.36. The molecule has 0 unspecified atom stereocenters. The number of amides is 3. The molecule has 4 rings (SSSR count). The summed E-state index contributed by atoms with van der Waals surface area (Å²) >= 11 is 0. The summed E-state index contributed by atoms with van der Waals surface area (Å²) in [5.74, 6) is -3.47. The second kappa shape index (κ2) is 10.3. The number of carbonyl (C=O) groups is 3. The molecule has 1 aromatic heterocycles. The number of nitrogens with zero attached hydrogens (tertiary/aromatic N) is 1. The third kappa shape index (κ3) is 5.57. The van der Waals surface area contributed by atoms with Crippen LogP contribution in [-0.2, 0) is 27.2 Å². The number of rotatable bonds is 5. The van der Waals surface area contributed by atoms with Crippen LogP contribution < -0.4 is 16.0 Å². The van der Waals surface area contributed by atoms with E-state index in [0.717, 1.165) is 65.2 Å². The molecule has 2 aromatic carbocycles. The van der Waals surface area contributed by atoms with Crippen LogP contribution in [0, 0.1) is 6.92 Å². The Labute approximate surface area is 201 Å². The van der Waals surface area contributed by atoms with Crippen LogP contribution in [0.15, 0.2) is 42.5 Å². The number of aromatic nitrogens is 1. The number of hydrogen-bond acceptors (Lipinski definition) is 7. The van der Waals surface area contributed by atoms with Crippen LogP contribution in [0.25, 0.3) is 17.0 Å². The van der Waals surface area contributed by atoms with Crippen LogP contribution in [0.1, 0.15) is 35.2 Å². The van der Waals surface area contributed by atoms with Gasteiger partial charge in [-0.15, -0.1) is 0 Å². The number of aryl methyl sites for hydroxylation is 2. The number of pyridine rings is 1. The third-order valence-corrected chi connectivity index (χ3v) is 5.80. The largest absolute Gasteiger partial charge is 0.504 e. The lowest BCUT2D eigenvalue weighted by Crippen LogP contribution is -2.43. The molecule has 3 aromatic rings. The minimum atomic E-state index is -1.09. The van der Waals surface area contributed by atoms with Crippen molar-refractivity contribution in [2.45, 2.75) is 32.6 Å². The van der Waals surface area contributed by atoms with Crippen LogP contribution in [0.2, 0.25) is 0 Å². The molecule has 9 heteroatoms. The van der Waals surface area contributed by atoms with Crippen LogP contribution in [-0.4, -0.2) is 39.6 Å². The van der Waals surface area contributed by atoms with Crippen molar-refractivity contribution in [1.29, 1.82) is 0 Å². The van der Waals surface area contributed by atoms with E-state index >= 15 is 0 Å². The number of aromatic hydroxyl groups is 2. The maximum atomic E-state index is 12.2. The van der Waals surface area contributed by atoms with Gasteiger partial charge in [0.05, 0.1) is 12.2 Å². The van der Waals surface area contributed by atoms with E-state index in [9.17, 15) is 24.6 Å². The first-order valence-corrected chi connectivity index (χ1v) is 11.3. The second-order valence-electron chi connectivity index (χ2n) is 8.40. The van der Waals surface area contributed by atoms with Gasteiger partial charge in [0.1, 0.15) is 0 Å². The Morgan fingerprint density at radius 1 is 1.00 bits per heavy atom. The first-order chi connectivity index (χ1) is 16.8. The Kier molecular flexibility index (Phi) is 6.96. The Bertz CT molecular complexity index is 1350. The van der Waals surface area contributed by atoms with Crippen molar-refractivity contribution in [3.63, 3.8) is 0 Å². The molecule has 0 saturated heterocycles. The van der Waals surface area contributed by atoms with Crippen molar-refractivity contribution in [3.8, 4) is 11.5 Å². The minimum absolute atomic E-state index is 0.00248. The van der Waals surface area contributed by atoms with Gasteiger partial charge >= 0.3 is 11.8 Å². The molecular weight excluding hydrogens is 448 g/mol. The van der Waals surface area contributed by atoms with E-state index in [1.54, 1.807) is 0 Å². The van der Waals surface area contributed by atoms with E-state index in [0.29, 0.717) is 5.56 Å². The lowest BCUT2D eigenvalue weighted by atomic mass is 9.92. The molecule has 9 nitrogen and oxygen atoms in total. The summed E-state index contributed by atoms with van der Waals surface area (Å²) in [5.41, 5.74) is 5.52. The van der Waals surface area contributed by atoms with Gasteiger partial charge in [0, 0.05) is 22.8 Å². The standard InChI is InChI=1S/C26H26N4O5/c1-15-6-9-18-20(12-15)29-19-5-3-2-4-17(19)24(18)27-14-28-25(34)26(35)30-23(33)11-8-16-7-10-21(31)22(32)13-16/h6-13,31-32H,2-5,14H2,1H3,(H,27,29)(H,28,34)(H,30,33,35)/b11-8+. The molecule has 0 fully saturated rings. The first kappa shape index (κ1) is 23.7. The molecule has 180 valence electrons. The van der Waals surface area contributed by atoms with Gasteiger partial charge in [-0.3, -0.25) is 24.7 Å². The van der Waals surface area contributed by atoms with Gasteiger partial charge in [-0.25, -0.2) is 0 Å². The fourth-order valence-corrected chi connectivity index (χ4v) is 4.06. The predicted octanol–water partition coefficient (Wildman–Crippen LogP) is 2.68. The number of nitrogens with one attached hydrogen (secondary N) is 3. The zero-order valence-electron chi connectivity index (χ0n) is 19.2. The van der Waals surface area contributed by atoms with Crippen LogP contribution >= 0.6 is 0 Å². The normalized spacial score (nSPS) is 12.8. The summed E-state index contributed by atoms with van der Waals surface area (Å²) in [4.78, 5) is 41.1.